The van der Waals surface area contributed by atoms with Crippen molar-refractivity contribution in [2.75, 3.05) is 28.2 Å². The summed E-state index contributed by atoms with van der Waals surface area (Å²) in [6.45, 7) is 25.8. The van der Waals surface area contributed by atoms with Crippen molar-refractivity contribution in [3.63, 3.8) is 0 Å². The molecule has 0 aliphatic carbocycles. The average molecular weight is 1400 g/mol. The van der Waals surface area contributed by atoms with E-state index in [-0.39, 0.29) is 84.7 Å². The first kappa shape index (κ1) is 72.6. The van der Waals surface area contributed by atoms with Crippen LogP contribution < -0.4 is 49.6 Å². The van der Waals surface area contributed by atoms with Crippen molar-refractivity contribution in [3.8, 4) is 46.3 Å². The zero-order valence-corrected chi connectivity index (χ0v) is 60.4. The van der Waals surface area contributed by atoms with E-state index in [2.05, 4.69) is 83.1 Å². The molecule has 2 amide bonds. The Morgan fingerprint density at radius 2 is 0.832 bits per heavy atom. The third-order valence-corrected chi connectivity index (χ3v) is 16.3. The molecule has 0 unspecified atom stereocenters. The van der Waals surface area contributed by atoms with Crippen LogP contribution in [0.2, 0.25) is 0 Å². The van der Waals surface area contributed by atoms with E-state index in [0.717, 1.165) is 21.9 Å². The molecule has 0 fully saturated rings. The number of rotatable bonds is 14. The number of benzene rings is 6. The number of fused-ring (bicyclic) bond motifs is 2. The quantitative estimate of drug-likeness (QED) is 0.0733. The summed E-state index contributed by atoms with van der Waals surface area (Å²) >= 11 is 0. The fourth-order valence-corrected chi connectivity index (χ4v) is 10.5. The number of likely N-dealkylation sites (N-methyl/N-ethyl adjacent to an activating group) is 1. The number of allylic oxidation sites excluding steroid dienone is 2. The number of amides is 2. The fraction of sp³-hybridized carbons (Fsp3) is 0.244. The Morgan fingerprint density at radius 1 is 0.416 bits per heavy atom. The first-order valence-electron chi connectivity index (χ1n) is 32.7. The van der Waals surface area contributed by atoms with Crippen LogP contribution in [0.25, 0.3) is 33.5 Å². The molecular formula is C82H80CoN6O12. The number of carbonyl (C=O) groups excluding carboxylic acids is 2. The Hall–Kier alpha value is -11.2. The van der Waals surface area contributed by atoms with E-state index in [1.807, 2.05) is 97.1 Å². The molecule has 10 aromatic rings. The molecule has 0 N–H and O–H groups in total. The maximum Gasteiger partial charge on any atom is 2.00 e. The Bertz CT molecular complexity index is 5050. The molecule has 0 bridgehead atoms. The molecular weight excluding hydrogens is 1320 g/mol. The van der Waals surface area contributed by atoms with E-state index in [4.69, 9.17) is 57.2 Å². The summed E-state index contributed by atoms with van der Waals surface area (Å²) in [7, 11) is 6.66. The van der Waals surface area contributed by atoms with Gasteiger partial charge in [-0.15, -0.1) is 0 Å². The first-order valence-corrected chi connectivity index (χ1v) is 32.7. The minimum Gasteiger partial charge on any atom is -0.624 e. The summed E-state index contributed by atoms with van der Waals surface area (Å²) in [6.07, 6.45) is 5.11. The Morgan fingerprint density at radius 3 is 1.29 bits per heavy atom. The predicted molar refractivity (Wildman–Crippen MR) is 390 cm³/mol. The number of aromatic nitrogens is 2. The molecule has 519 valence electrons. The fourth-order valence-electron chi connectivity index (χ4n) is 10.5. The number of carbonyl (C=O) groups is 2. The number of hydrogen-bond donors (Lipinski definition) is 0. The maximum atomic E-state index is 13.4. The van der Waals surface area contributed by atoms with Gasteiger partial charge in [0.2, 0.25) is 11.8 Å². The minimum atomic E-state index is -0.476. The topological polar surface area (TPSA) is 209 Å². The van der Waals surface area contributed by atoms with Crippen LogP contribution in [0.15, 0.2) is 240 Å². The van der Waals surface area contributed by atoms with Crippen molar-refractivity contribution < 1.29 is 63.6 Å². The standard InChI is InChI=1S/2C41H41N3O6.Co/c2*1-40(2,3)26-11-16-28(17-12-26)47-35-21-20-32(42-35)37(48-30-15-9-25-10-22-36(45)50-34(25)23-30)33-24-31(39(46)44(7)8)38(43-33)49-29-18-13-27(14-19-29)41(4,5)6;/h2*9-24H,1-8H3,(H,42,43,46);/q;;+2/p-2. The summed E-state index contributed by atoms with van der Waals surface area (Å²) in [5.41, 5.74) is 6.30. The molecule has 4 aromatic heterocycles. The van der Waals surface area contributed by atoms with Crippen LogP contribution in [0.1, 0.15) is 127 Å². The van der Waals surface area contributed by atoms with Gasteiger partial charge in [-0.25, -0.2) is 19.6 Å². The van der Waals surface area contributed by atoms with Crippen molar-refractivity contribution in [2.24, 2.45) is 9.98 Å². The van der Waals surface area contributed by atoms with E-state index < -0.39 is 11.3 Å². The van der Waals surface area contributed by atoms with Gasteiger partial charge in [0.25, 0.3) is 11.8 Å². The van der Waals surface area contributed by atoms with E-state index in [0.29, 0.717) is 80.2 Å². The van der Waals surface area contributed by atoms with E-state index >= 15 is 0 Å². The number of hydrogen-bond acceptors (Lipinski definition) is 14. The number of ether oxygens (including phenoxy) is 6. The van der Waals surface area contributed by atoms with Gasteiger partial charge in [0.05, 0.1) is 5.56 Å². The monoisotopic (exact) mass is 1400 g/mol. The van der Waals surface area contributed by atoms with Gasteiger partial charge in [-0.05, 0) is 147 Å². The minimum absolute atomic E-state index is 0. The van der Waals surface area contributed by atoms with Crippen LogP contribution in [0.5, 0.6) is 46.3 Å². The molecule has 6 heterocycles. The first-order chi connectivity index (χ1) is 47.3. The average Bonchev–Trinajstić information content (AvgIpc) is 1.70. The normalized spacial score (nSPS) is 14.0. The van der Waals surface area contributed by atoms with E-state index in [1.54, 1.807) is 113 Å². The third-order valence-electron chi connectivity index (χ3n) is 16.3. The molecule has 0 saturated heterocycles. The third kappa shape index (κ3) is 17.7. The molecule has 0 spiro atoms. The second-order valence-electron chi connectivity index (χ2n) is 28.7. The van der Waals surface area contributed by atoms with Gasteiger partial charge in [0, 0.05) is 81.1 Å². The second kappa shape index (κ2) is 29.3. The molecule has 18 nitrogen and oxygen atoms in total. The molecule has 2 aliphatic heterocycles. The van der Waals surface area contributed by atoms with Gasteiger partial charge >= 0.3 is 28.0 Å². The Labute approximate surface area is 597 Å². The number of aliphatic imine (C=N–C) groups is 2. The SMILES string of the molecule is CN(C)C(=O)C1=C/C(=C(\Oc2ccc3ccc(=O)oc3c2)c2ccc(Oc3ccc(C(C)(C)C)cc3)[n-]2)N=C1Oc1ccc(C(C)(C)C)cc1.CN(C)C(=O)c1cc(/C(Oc2ccc3ccc(=O)oc3c2)=C2/C=CC(Oc3ccc(C(C)(C)C)cc3)=N2)[n-]c1Oc1ccc(C(C)(C)C)cc1.[Co+2]. The van der Waals surface area contributed by atoms with Gasteiger partial charge in [0.15, 0.2) is 0 Å². The van der Waals surface area contributed by atoms with Crippen LogP contribution in [0, 0.1) is 0 Å². The number of nitrogens with zero attached hydrogens (tertiary/aromatic N) is 6. The van der Waals surface area contributed by atoms with E-state index in [9.17, 15) is 19.2 Å². The summed E-state index contributed by atoms with van der Waals surface area (Å²) in [6, 6.07) is 52.7. The van der Waals surface area contributed by atoms with Gasteiger partial charge in [-0.3, -0.25) is 9.59 Å². The molecule has 12 rings (SSSR count). The maximum absolute atomic E-state index is 13.4. The largest absolute Gasteiger partial charge is 2.00 e. The van der Waals surface area contributed by atoms with Gasteiger partial charge < -0.3 is 57.0 Å². The van der Waals surface area contributed by atoms with Crippen molar-refractivity contribution in [3.05, 3.63) is 271 Å². The smallest absolute Gasteiger partial charge is 0.624 e. The molecule has 0 atom stereocenters. The van der Waals surface area contributed by atoms with Gasteiger partial charge in [-0.2, -0.15) is 0 Å². The molecule has 2 aliphatic rings. The molecule has 101 heavy (non-hydrogen) atoms. The molecule has 0 saturated carbocycles. The Kier molecular flexibility index (Phi) is 21.1. The second-order valence-corrected chi connectivity index (χ2v) is 28.7. The van der Waals surface area contributed by atoms with Crippen molar-refractivity contribution in [1.29, 1.82) is 0 Å². The molecule has 19 heteroatoms. The predicted octanol–water partition coefficient (Wildman–Crippen LogP) is 17.0. The van der Waals surface area contributed by atoms with Crippen molar-refractivity contribution >= 4 is 57.1 Å². The zero-order chi connectivity index (χ0) is 71.6. The van der Waals surface area contributed by atoms with Crippen molar-refractivity contribution in [1.82, 2.24) is 19.8 Å². The summed E-state index contributed by atoms with van der Waals surface area (Å²) in [5, 5.41) is 1.47. The van der Waals surface area contributed by atoms with Crippen LogP contribution in [-0.2, 0) is 43.2 Å². The zero-order valence-electron chi connectivity index (χ0n) is 59.4. The van der Waals surface area contributed by atoms with Gasteiger partial charge in [0.1, 0.15) is 74.1 Å². The summed E-state index contributed by atoms with van der Waals surface area (Å²) < 4.78 is 48.4. The van der Waals surface area contributed by atoms with Crippen LogP contribution in [0.4, 0.5) is 0 Å². The van der Waals surface area contributed by atoms with Crippen molar-refractivity contribution in [2.45, 2.75) is 105 Å². The summed E-state index contributed by atoms with van der Waals surface area (Å²) in [5.74, 6) is 3.89. The van der Waals surface area contributed by atoms with Gasteiger partial charge in [-0.1, -0.05) is 155 Å². The van der Waals surface area contributed by atoms with Crippen LogP contribution in [0.3, 0.4) is 0 Å². The van der Waals surface area contributed by atoms with Crippen LogP contribution in [-0.4, -0.2) is 61.6 Å². The molecule has 1 radical (unpaired) electrons. The molecule has 6 aromatic carbocycles. The van der Waals surface area contributed by atoms with E-state index in [1.165, 1.54) is 33.1 Å². The Balaban J connectivity index is 0.000000216. The van der Waals surface area contributed by atoms with Crippen LogP contribution >= 0.6 is 0 Å². The summed E-state index contributed by atoms with van der Waals surface area (Å²) in [4.78, 5) is 72.7.